The second-order valence-electron chi connectivity index (χ2n) is 8.75. The molecule has 1 saturated heterocycles. The van der Waals surface area contributed by atoms with Gasteiger partial charge in [-0.05, 0) is 60.7 Å². The molecule has 3 heterocycles. The zero-order valence-corrected chi connectivity index (χ0v) is 18.5. The molecule has 0 saturated carbocycles. The number of likely N-dealkylation sites (tertiary alicyclic amines) is 1. The van der Waals surface area contributed by atoms with Crippen LogP contribution in [-0.2, 0) is 17.8 Å². The zero-order valence-electron chi connectivity index (χ0n) is 18.5. The van der Waals surface area contributed by atoms with E-state index in [4.69, 9.17) is 4.98 Å². The summed E-state index contributed by atoms with van der Waals surface area (Å²) in [6, 6.07) is 18.8. The number of hydrogen-bond donors (Lipinski definition) is 0. The number of nitrogens with zero attached hydrogens (tertiary/aromatic N) is 4. The Morgan fingerprint density at radius 3 is 2.79 bits per heavy atom. The smallest absolute Gasteiger partial charge is 0.224 e. The molecule has 1 aliphatic heterocycles. The van der Waals surface area contributed by atoms with Crippen LogP contribution in [-0.4, -0.2) is 38.4 Å². The van der Waals surface area contributed by atoms with Crippen molar-refractivity contribution in [3.05, 3.63) is 95.8 Å². The van der Waals surface area contributed by atoms with Gasteiger partial charge in [-0.15, -0.1) is 0 Å². The number of fused-ring (bicyclic) bond motifs is 1. The molecule has 0 bridgehead atoms. The van der Waals surface area contributed by atoms with Crippen LogP contribution in [0.2, 0.25) is 0 Å². The Kier molecular flexibility index (Phi) is 6.15. The van der Waals surface area contributed by atoms with Crippen molar-refractivity contribution in [3.8, 4) is 0 Å². The van der Waals surface area contributed by atoms with Crippen molar-refractivity contribution in [3.63, 3.8) is 0 Å². The summed E-state index contributed by atoms with van der Waals surface area (Å²) in [6.45, 7) is 2.14. The molecule has 6 heteroatoms. The standard InChI is InChI=1S/C27H27FN4O/c28-23-7-3-5-20(16-23)15-21-10-11-24(29-17-21)22-6-4-13-31(18-22)27(33)12-14-32-19-30-25-8-1-2-9-26(25)32/h1-3,5,7-11,16-17,19,22H,4,6,12-15,18H2. The van der Waals surface area contributed by atoms with E-state index in [-0.39, 0.29) is 17.6 Å². The lowest BCUT2D eigenvalue weighted by molar-refractivity contribution is -0.132. The number of imidazole rings is 1. The van der Waals surface area contributed by atoms with Gasteiger partial charge in [0, 0.05) is 43.9 Å². The first kappa shape index (κ1) is 21.3. The normalized spacial score (nSPS) is 16.3. The van der Waals surface area contributed by atoms with Crippen LogP contribution in [0.1, 0.15) is 42.0 Å². The fourth-order valence-electron chi connectivity index (χ4n) is 4.67. The number of aryl methyl sites for hydroxylation is 1. The number of aromatic nitrogens is 3. The summed E-state index contributed by atoms with van der Waals surface area (Å²) in [5.41, 5.74) is 5.03. The fraction of sp³-hybridized carbons (Fsp3) is 0.296. The second-order valence-corrected chi connectivity index (χ2v) is 8.75. The number of pyridine rings is 1. The first-order valence-electron chi connectivity index (χ1n) is 11.5. The summed E-state index contributed by atoms with van der Waals surface area (Å²) in [6.07, 6.45) is 6.83. The van der Waals surface area contributed by atoms with Gasteiger partial charge in [0.2, 0.25) is 5.91 Å². The Morgan fingerprint density at radius 1 is 1.03 bits per heavy atom. The highest BCUT2D eigenvalue weighted by molar-refractivity contribution is 5.77. The van der Waals surface area contributed by atoms with Crippen molar-refractivity contribution in [1.82, 2.24) is 19.4 Å². The van der Waals surface area contributed by atoms with Crippen LogP contribution in [0.4, 0.5) is 4.39 Å². The van der Waals surface area contributed by atoms with E-state index in [0.717, 1.165) is 47.2 Å². The molecular weight excluding hydrogens is 415 g/mol. The predicted molar refractivity (Wildman–Crippen MR) is 126 cm³/mol. The Labute approximate surface area is 192 Å². The van der Waals surface area contributed by atoms with Crippen molar-refractivity contribution >= 4 is 16.9 Å². The van der Waals surface area contributed by atoms with Crippen LogP contribution in [0.15, 0.2) is 73.2 Å². The van der Waals surface area contributed by atoms with E-state index in [0.29, 0.717) is 25.9 Å². The molecule has 4 aromatic rings. The lowest BCUT2D eigenvalue weighted by Crippen LogP contribution is -2.39. The Bertz CT molecular complexity index is 1250. The molecule has 2 aromatic heterocycles. The van der Waals surface area contributed by atoms with Crippen molar-refractivity contribution in [2.24, 2.45) is 0 Å². The molecule has 5 nitrogen and oxygen atoms in total. The SMILES string of the molecule is O=C(CCn1cnc2ccccc21)N1CCCC(c2ccc(Cc3cccc(F)c3)cn2)C1. The van der Waals surface area contributed by atoms with Gasteiger partial charge in [0.05, 0.1) is 17.4 Å². The van der Waals surface area contributed by atoms with Gasteiger partial charge in [0.25, 0.3) is 0 Å². The van der Waals surface area contributed by atoms with E-state index in [1.807, 2.05) is 52.3 Å². The van der Waals surface area contributed by atoms with Gasteiger partial charge in [-0.2, -0.15) is 0 Å². The van der Waals surface area contributed by atoms with Crippen LogP contribution in [0.5, 0.6) is 0 Å². The minimum atomic E-state index is -0.217. The molecule has 5 rings (SSSR count). The third kappa shape index (κ3) is 4.95. The number of hydrogen-bond acceptors (Lipinski definition) is 3. The topological polar surface area (TPSA) is 51.0 Å². The molecular formula is C27H27FN4O. The number of halogens is 1. The minimum Gasteiger partial charge on any atom is -0.342 e. The first-order valence-corrected chi connectivity index (χ1v) is 11.5. The number of amides is 1. The zero-order chi connectivity index (χ0) is 22.6. The molecule has 33 heavy (non-hydrogen) atoms. The number of carbonyl (C=O) groups is 1. The molecule has 0 spiro atoms. The summed E-state index contributed by atoms with van der Waals surface area (Å²) < 4.78 is 15.5. The summed E-state index contributed by atoms with van der Waals surface area (Å²) in [5, 5.41) is 0. The van der Waals surface area contributed by atoms with Gasteiger partial charge in [-0.3, -0.25) is 9.78 Å². The molecule has 1 amide bonds. The van der Waals surface area contributed by atoms with Crippen molar-refractivity contribution < 1.29 is 9.18 Å². The number of carbonyl (C=O) groups excluding carboxylic acids is 1. The highest BCUT2D eigenvalue weighted by Crippen LogP contribution is 2.26. The highest BCUT2D eigenvalue weighted by Gasteiger charge is 2.25. The molecule has 1 unspecified atom stereocenters. The number of para-hydroxylation sites is 2. The number of rotatable bonds is 6. The molecule has 0 aliphatic carbocycles. The molecule has 168 valence electrons. The molecule has 1 fully saturated rings. The molecule has 0 radical (unpaired) electrons. The third-order valence-corrected chi connectivity index (χ3v) is 6.43. The number of piperidine rings is 1. The molecule has 1 atom stereocenters. The fourth-order valence-corrected chi connectivity index (χ4v) is 4.67. The van der Waals surface area contributed by atoms with Crippen LogP contribution in [0, 0.1) is 5.82 Å². The quantitative estimate of drug-likeness (QED) is 0.424. The molecule has 2 aromatic carbocycles. The van der Waals surface area contributed by atoms with E-state index in [1.54, 1.807) is 12.1 Å². The maximum absolute atomic E-state index is 13.4. The molecule has 0 N–H and O–H groups in total. The maximum atomic E-state index is 13.4. The predicted octanol–water partition coefficient (Wildman–Crippen LogP) is 4.96. The van der Waals surface area contributed by atoms with Crippen LogP contribution < -0.4 is 0 Å². The lowest BCUT2D eigenvalue weighted by atomic mass is 9.93. The van der Waals surface area contributed by atoms with E-state index in [9.17, 15) is 9.18 Å². The summed E-state index contributed by atoms with van der Waals surface area (Å²) >= 11 is 0. The van der Waals surface area contributed by atoms with Crippen LogP contribution in [0.25, 0.3) is 11.0 Å². The van der Waals surface area contributed by atoms with Crippen LogP contribution in [0.3, 0.4) is 0 Å². The van der Waals surface area contributed by atoms with Gasteiger partial charge in [-0.1, -0.05) is 30.3 Å². The number of benzene rings is 2. The minimum absolute atomic E-state index is 0.181. The van der Waals surface area contributed by atoms with E-state index >= 15 is 0 Å². The monoisotopic (exact) mass is 442 g/mol. The highest BCUT2D eigenvalue weighted by atomic mass is 19.1. The second kappa shape index (κ2) is 9.53. The van der Waals surface area contributed by atoms with E-state index in [1.165, 1.54) is 6.07 Å². The van der Waals surface area contributed by atoms with E-state index in [2.05, 4.69) is 17.1 Å². The summed E-state index contributed by atoms with van der Waals surface area (Å²) in [7, 11) is 0. The molecule has 1 aliphatic rings. The summed E-state index contributed by atoms with van der Waals surface area (Å²) in [4.78, 5) is 24.0. The largest absolute Gasteiger partial charge is 0.342 e. The van der Waals surface area contributed by atoms with Crippen molar-refractivity contribution in [1.29, 1.82) is 0 Å². The van der Waals surface area contributed by atoms with E-state index < -0.39 is 0 Å². The van der Waals surface area contributed by atoms with Crippen molar-refractivity contribution in [2.45, 2.75) is 38.1 Å². The van der Waals surface area contributed by atoms with Crippen molar-refractivity contribution in [2.75, 3.05) is 13.1 Å². The van der Waals surface area contributed by atoms with Gasteiger partial charge in [0.15, 0.2) is 0 Å². The first-order chi connectivity index (χ1) is 16.2. The average molecular weight is 443 g/mol. The van der Waals surface area contributed by atoms with Crippen LogP contribution >= 0.6 is 0 Å². The van der Waals surface area contributed by atoms with Gasteiger partial charge >= 0.3 is 0 Å². The lowest BCUT2D eigenvalue weighted by Gasteiger charge is -2.32. The van der Waals surface area contributed by atoms with Gasteiger partial charge in [-0.25, -0.2) is 9.37 Å². The third-order valence-electron chi connectivity index (χ3n) is 6.43. The Morgan fingerprint density at radius 2 is 1.94 bits per heavy atom. The Balaban J connectivity index is 1.19. The Hall–Kier alpha value is -3.54. The maximum Gasteiger partial charge on any atom is 0.224 e. The average Bonchev–Trinajstić information content (AvgIpc) is 3.26. The van der Waals surface area contributed by atoms with Gasteiger partial charge in [0.1, 0.15) is 5.82 Å². The van der Waals surface area contributed by atoms with Gasteiger partial charge < -0.3 is 9.47 Å². The summed E-state index contributed by atoms with van der Waals surface area (Å²) in [5.74, 6) is 0.213.